The van der Waals surface area contributed by atoms with E-state index in [2.05, 4.69) is 241 Å². The Hall–Kier alpha value is -8.72. The Morgan fingerprint density at radius 3 is 1.58 bits per heavy atom. The number of hydrogen-bond acceptors (Lipinski definition) is 2. The predicted molar refractivity (Wildman–Crippen MR) is 280 cm³/mol. The zero-order valence-electron chi connectivity index (χ0n) is 36.0. The van der Waals surface area contributed by atoms with Gasteiger partial charge in [0.2, 0.25) is 0 Å². The van der Waals surface area contributed by atoms with Crippen LogP contribution in [0.1, 0.15) is 0 Å². The van der Waals surface area contributed by atoms with Crippen LogP contribution in [-0.2, 0) is 0 Å². The van der Waals surface area contributed by atoms with Crippen LogP contribution in [0.15, 0.2) is 253 Å². The summed E-state index contributed by atoms with van der Waals surface area (Å²) in [5.41, 5.74) is 14.4. The SMILES string of the molecule is c1cc(-c2ccc(-c3ccc4ccc5ccccc5c4c3)cc2)cc(N(c2ccc(-c3cccc4oc5ccccc5c34)cc2)c2ccccc2-c2ccc3c(ccc4ccccc43)c2)c1. The minimum Gasteiger partial charge on any atom is -0.456 e. The van der Waals surface area contributed by atoms with Gasteiger partial charge >= 0.3 is 0 Å². The lowest BCUT2D eigenvalue weighted by molar-refractivity contribution is 0.669. The van der Waals surface area contributed by atoms with Crippen molar-refractivity contribution in [2.24, 2.45) is 0 Å². The Morgan fingerprint density at radius 1 is 0.258 bits per heavy atom. The first-order chi connectivity index (χ1) is 32.7. The van der Waals surface area contributed by atoms with Crippen molar-refractivity contribution in [2.45, 2.75) is 0 Å². The molecule has 13 rings (SSSR count). The molecule has 2 nitrogen and oxygen atoms in total. The minimum absolute atomic E-state index is 0.896. The average Bonchev–Trinajstić information content (AvgIpc) is 3.78. The van der Waals surface area contributed by atoms with E-state index in [0.717, 1.165) is 66.8 Å². The molecule has 2 heteroatoms. The van der Waals surface area contributed by atoms with Gasteiger partial charge in [-0.2, -0.15) is 0 Å². The van der Waals surface area contributed by atoms with Crippen molar-refractivity contribution in [2.75, 3.05) is 4.90 Å². The van der Waals surface area contributed by atoms with E-state index in [0.29, 0.717) is 0 Å². The molecule has 0 N–H and O–H groups in total. The summed E-state index contributed by atoms with van der Waals surface area (Å²) in [7, 11) is 0. The highest BCUT2D eigenvalue weighted by molar-refractivity contribution is 6.13. The molecule has 0 fully saturated rings. The second-order valence-corrected chi connectivity index (χ2v) is 17.2. The number of nitrogens with zero attached hydrogens (tertiary/aromatic N) is 1. The van der Waals surface area contributed by atoms with Crippen molar-refractivity contribution in [1.29, 1.82) is 0 Å². The molecular formula is C64H41NO. The number of rotatable bonds is 7. The van der Waals surface area contributed by atoms with E-state index >= 15 is 0 Å². The number of para-hydroxylation sites is 2. The summed E-state index contributed by atoms with van der Waals surface area (Å²) >= 11 is 0. The van der Waals surface area contributed by atoms with Crippen LogP contribution >= 0.6 is 0 Å². The van der Waals surface area contributed by atoms with E-state index in [-0.39, 0.29) is 0 Å². The molecule has 0 amide bonds. The molecule has 0 spiro atoms. The van der Waals surface area contributed by atoms with Gasteiger partial charge in [0.15, 0.2) is 0 Å². The van der Waals surface area contributed by atoms with Crippen molar-refractivity contribution in [3.63, 3.8) is 0 Å². The molecule has 1 aromatic heterocycles. The van der Waals surface area contributed by atoms with Gasteiger partial charge in [-0.05, 0) is 137 Å². The fraction of sp³-hybridized carbons (Fsp3) is 0. The molecule has 0 bridgehead atoms. The first-order valence-corrected chi connectivity index (χ1v) is 22.6. The summed E-state index contributed by atoms with van der Waals surface area (Å²) in [6, 6.07) is 90.4. The maximum absolute atomic E-state index is 6.29. The Morgan fingerprint density at radius 2 is 0.788 bits per heavy atom. The second-order valence-electron chi connectivity index (χ2n) is 17.2. The average molecular weight is 840 g/mol. The summed E-state index contributed by atoms with van der Waals surface area (Å²) in [6.07, 6.45) is 0. The third-order valence-corrected chi connectivity index (χ3v) is 13.4. The van der Waals surface area contributed by atoms with Crippen molar-refractivity contribution in [3.8, 4) is 44.5 Å². The third kappa shape index (κ3) is 6.42. The largest absolute Gasteiger partial charge is 0.456 e. The summed E-state index contributed by atoms with van der Waals surface area (Å²) in [6.45, 7) is 0. The van der Waals surface area contributed by atoms with Crippen LogP contribution in [0.5, 0.6) is 0 Å². The quantitative estimate of drug-likeness (QED) is 0.149. The van der Waals surface area contributed by atoms with Crippen molar-refractivity contribution < 1.29 is 4.42 Å². The van der Waals surface area contributed by atoms with Crippen LogP contribution in [0.25, 0.3) is 110 Å². The Labute approximate surface area is 382 Å². The van der Waals surface area contributed by atoms with Crippen molar-refractivity contribution in [1.82, 2.24) is 0 Å². The maximum Gasteiger partial charge on any atom is 0.136 e. The number of furan rings is 1. The molecule has 0 aliphatic rings. The first kappa shape index (κ1) is 37.8. The van der Waals surface area contributed by atoms with Gasteiger partial charge in [0, 0.05) is 27.7 Å². The number of benzene rings is 12. The highest BCUT2D eigenvalue weighted by Gasteiger charge is 2.20. The molecular weight excluding hydrogens is 799 g/mol. The van der Waals surface area contributed by atoms with Crippen LogP contribution in [0.3, 0.4) is 0 Å². The van der Waals surface area contributed by atoms with Crippen LogP contribution in [0.4, 0.5) is 17.1 Å². The second kappa shape index (κ2) is 15.5. The number of hydrogen-bond donors (Lipinski definition) is 0. The normalized spacial score (nSPS) is 11.6. The lowest BCUT2D eigenvalue weighted by Crippen LogP contribution is -2.11. The molecule has 1 heterocycles. The topological polar surface area (TPSA) is 16.4 Å². The molecule has 0 saturated heterocycles. The zero-order chi connectivity index (χ0) is 43.6. The first-order valence-electron chi connectivity index (χ1n) is 22.6. The standard InChI is InChI=1S/C64H41NO/c1-3-15-54-44(11-1)30-32-50-39-51(35-38-56(50)54)57-17-5-7-20-61(57)65(52-36-33-46(34-37-52)58-19-10-22-63-64(58)59-18-6-8-21-62(59)66-63)53-14-9-13-48(40-53)42-23-25-43(26-24-42)49-31-29-47-28-27-45-12-2-4-16-55(45)60(47)41-49/h1-41H. The van der Waals surface area contributed by atoms with Crippen molar-refractivity contribution in [3.05, 3.63) is 249 Å². The Balaban J connectivity index is 0.920. The zero-order valence-corrected chi connectivity index (χ0v) is 36.0. The summed E-state index contributed by atoms with van der Waals surface area (Å²) < 4.78 is 6.29. The van der Waals surface area contributed by atoms with Gasteiger partial charge < -0.3 is 9.32 Å². The molecule has 66 heavy (non-hydrogen) atoms. The molecule has 0 atom stereocenters. The molecule has 13 aromatic rings. The van der Waals surface area contributed by atoms with E-state index < -0.39 is 0 Å². The summed E-state index contributed by atoms with van der Waals surface area (Å²) in [5.74, 6) is 0. The van der Waals surface area contributed by atoms with E-state index in [1.807, 2.05) is 12.1 Å². The molecule has 308 valence electrons. The monoisotopic (exact) mass is 839 g/mol. The third-order valence-electron chi connectivity index (χ3n) is 13.4. The molecule has 0 saturated carbocycles. The lowest BCUT2D eigenvalue weighted by Gasteiger charge is -2.28. The van der Waals surface area contributed by atoms with E-state index in [1.165, 1.54) is 59.8 Å². The molecule has 0 aliphatic carbocycles. The van der Waals surface area contributed by atoms with Crippen LogP contribution in [-0.4, -0.2) is 0 Å². The smallest absolute Gasteiger partial charge is 0.136 e. The van der Waals surface area contributed by atoms with Gasteiger partial charge in [-0.15, -0.1) is 0 Å². The van der Waals surface area contributed by atoms with Crippen molar-refractivity contribution >= 4 is 82.1 Å². The van der Waals surface area contributed by atoms with Crippen LogP contribution < -0.4 is 4.90 Å². The molecule has 0 unspecified atom stereocenters. The molecule has 12 aromatic carbocycles. The van der Waals surface area contributed by atoms with E-state index in [1.54, 1.807) is 0 Å². The van der Waals surface area contributed by atoms with Gasteiger partial charge in [0.05, 0.1) is 5.69 Å². The van der Waals surface area contributed by atoms with Gasteiger partial charge in [-0.1, -0.05) is 194 Å². The lowest BCUT2D eigenvalue weighted by atomic mass is 9.95. The minimum atomic E-state index is 0.896. The maximum atomic E-state index is 6.29. The summed E-state index contributed by atoms with van der Waals surface area (Å²) in [5, 5.41) is 12.3. The predicted octanol–water partition coefficient (Wildman–Crippen LogP) is 18.3. The fourth-order valence-corrected chi connectivity index (χ4v) is 10.2. The van der Waals surface area contributed by atoms with Crippen LogP contribution in [0, 0.1) is 0 Å². The van der Waals surface area contributed by atoms with Crippen LogP contribution in [0.2, 0.25) is 0 Å². The highest BCUT2D eigenvalue weighted by Crippen LogP contribution is 2.44. The molecule has 0 radical (unpaired) electrons. The van der Waals surface area contributed by atoms with Gasteiger partial charge in [-0.3, -0.25) is 0 Å². The van der Waals surface area contributed by atoms with Gasteiger partial charge in [-0.25, -0.2) is 0 Å². The molecule has 0 aliphatic heterocycles. The number of anilines is 3. The van der Waals surface area contributed by atoms with Gasteiger partial charge in [0.1, 0.15) is 11.2 Å². The number of fused-ring (bicyclic) bond motifs is 9. The van der Waals surface area contributed by atoms with E-state index in [9.17, 15) is 0 Å². The Bertz CT molecular complexity index is 3990. The fourth-order valence-electron chi connectivity index (χ4n) is 10.2. The summed E-state index contributed by atoms with van der Waals surface area (Å²) in [4.78, 5) is 2.41. The Kier molecular flexibility index (Phi) is 8.89. The van der Waals surface area contributed by atoms with Gasteiger partial charge in [0.25, 0.3) is 0 Å². The van der Waals surface area contributed by atoms with E-state index in [4.69, 9.17) is 4.42 Å². The highest BCUT2D eigenvalue weighted by atomic mass is 16.3.